The van der Waals surface area contributed by atoms with Gasteiger partial charge in [-0.05, 0) is 67.9 Å². The molecule has 0 aliphatic heterocycles. The highest BCUT2D eigenvalue weighted by Gasteiger charge is 2.12. The number of nitrogens with one attached hydrogen (secondary N) is 1. The molecule has 1 aromatic heterocycles. The van der Waals surface area contributed by atoms with Gasteiger partial charge in [-0.1, -0.05) is 17.7 Å². The number of benzene rings is 2. The summed E-state index contributed by atoms with van der Waals surface area (Å²) in [6.45, 7) is 5.47. The highest BCUT2D eigenvalue weighted by Crippen LogP contribution is 2.28. The van der Waals surface area contributed by atoms with Crippen LogP contribution in [0.25, 0.3) is 0 Å². The van der Waals surface area contributed by atoms with Crippen molar-refractivity contribution in [2.75, 3.05) is 13.2 Å². The number of hydrogen-bond acceptors (Lipinski definition) is 5. The lowest BCUT2D eigenvalue weighted by molar-refractivity contribution is 0.0919. The lowest BCUT2D eigenvalue weighted by Gasteiger charge is -2.12. The molecule has 0 saturated carbocycles. The van der Waals surface area contributed by atoms with E-state index in [1.165, 1.54) is 0 Å². The van der Waals surface area contributed by atoms with Crippen molar-refractivity contribution in [3.8, 4) is 17.2 Å². The second-order valence-electron chi connectivity index (χ2n) is 6.34. The molecular weight excluding hydrogens is 406 g/mol. The van der Waals surface area contributed by atoms with E-state index in [4.69, 9.17) is 30.2 Å². The summed E-state index contributed by atoms with van der Waals surface area (Å²) >= 11 is 5.86. The van der Waals surface area contributed by atoms with E-state index >= 15 is 0 Å². The second kappa shape index (κ2) is 10.6. The van der Waals surface area contributed by atoms with Crippen LogP contribution in [0.5, 0.6) is 17.2 Å². The van der Waals surface area contributed by atoms with Crippen LogP contribution < -0.4 is 19.5 Å². The fourth-order valence-corrected chi connectivity index (χ4v) is 2.86. The van der Waals surface area contributed by atoms with E-state index in [0.29, 0.717) is 47.8 Å². The number of rotatable bonds is 10. The third kappa shape index (κ3) is 5.94. The van der Waals surface area contributed by atoms with Gasteiger partial charge in [0.15, 0.2) is 17.3 Å². The summed E-state index contributed by atoms with van der Waals surface area (Å²) in [4.78, 5) is 12.4. The zero-order valence-corrected chi connectivity index (χ0v) is 17.7. The molecule has 0 aliphatic carbocycles. The van der Waals surface area contributed by atoms with Gasteiger partial charge in [-0.3, -0.25) is 4.79 Å². The van der Waals surface area contributed by atoms with Crippen LogP contribution in [0.15, 0.2) is 59.0 Å². The quantitative estimate of drug-likeness (QED) is 0.477. The minimum atomic E-state index is -0.306. The molecule has 1 heterocycles. The molecule has 0 saturated heterocycles. The topological polar surface area (TPSA) is 69.9 Å². The highest BCUT2D eigenvalue weighted by atomic mass is 35.5. The molecule has 1 N–H and O–H groups in total. The largest absolute Gasteiger partial charge is 0.490 e. The molecule has 0 atom stereocenters. The maximum absolute atomic E-state index is 12.4. The Labute approximate surface area is 180 Å². The van der Waals surface area contributed by atoms with E-state index in [9.17, 15) is 4.79 Å². The molecule has 1 amide bonds. The van der Waals surface area contributed by atoms with Gasteiger partial charge < -0.3 is 23.9 Å². The number of halogens is 1. The molecule has 0 fully saturated rings. The van der Waals surface area contributed by atoms with Crippen molar-refractivity contribution in [3.63, 3.8) is 0 Å². The first-order chi connectivity index (χ1) is 14.6. The van der Waals surface area contributed by atoms with E-state index in [1.54, 1.807) is 36.4 Å². The van der Waals surface area contributed by atoms with Crippen molar-refractivity contribution in [1.82, 2.24) is 5.32 Å². The van der Waals surface area contributed by atoms with Gasteiger partial charge in [-0.25, -0.2) is 0 Å². The minimum Gasteiger partial charge on any atom is -0.490 e. The van der Waals surface area contributed by atoms with Gasteiger partial charge in [0, 0.05) is 11.6 Å². The summed E-state index contributed by atoms with van der Waals surface area (Å²) in [5.41, 5.74) is 0.896. The molecule has 7 heteroatoms. The summed E-state index contributed by atoms with van der Waals surface area (Å²) in [6.07, 6.45) is 0. The van der Waals surface area contributed by atoms with Crippen LogP contribution in [-0.2, 0) is 13.2 Å². The smallest absolute Gasteiger partial charge is 0.287 e. The fraction of sp³-hybridized carbons (Fsp3) is 0.261. The first-order valence-corrected chi connectivity index (χ1v) is 10.1. The van der Waals surface area contributed by atoms with Crippen molar-refractivity contribution >= 4 is 17.5 Å². The molecule has 6 nitrogen and oxygen atoms in total. The molecule has 0 bridgehead atoms. The number of ether oxygens (including phenoxy) is 3. The van der Waals surface area contributed by atoms with Gasteiger partial charge in [0.05, 0.1) is 13.2 Å². The third-order valence-electron chi connectivity index (χ3n) is 4.14. The number of carbonyl (C=O) groups excluding carboxylic acids is 1. The van der Waals surface area contributed by atoms with Gasteiger partial charge in [-0.2, -0.15) is 0 Å². The number of furan rings is 1. The molecule has 30 heavy (non-hydrogen) atoms. The summed E-state index contributed by atoms with van der Waals surface area (Å²) < 4.78 is 22.4. The van der Waals surface area contributed by atoms with E-state index in [-0.39, 0.29) is 18.3 Å². The van der Waals surface area contributed by atoms with Crippen LogP contribution in [-0.4, -0.2) is 19.1 Å². The lowest BCUT2D eigenvalue weighted by Crippen LogP contribution is -2.22. The highest BCUT2D eigenvalue weighted by molar-refractivity contribution is 6.30. The Hall–Kier alpha value is -3.12. The van der Waals surface area contributed by atoms with Gasteiger partial charge in [0.1, 0.15) is 18.1 Å². The van der Waals surface area contributed by atoms with Crippen LogP contribution in [0.4, 0.5) is 0 Å². The standard InChI is InChI=1S/C23H24ClNO5/c1-3-27-20-11-5-16(13-22(20)28-4-2)14-25-23(26)21-12-10-19(30-21)15-29-18-8-6-17(24)7-9-18/h5-13H,3-4,14-15H2,1-2H3,(H,25,26). The minimum absolute atomic E-state index is 0.214. The van der Waals surface area contributed by atoms with Crippen molar-refractivity contribution in [2.45, 2.75) is 27.0 Å². The van der Waals surface area contributed by atoms with Crippen LogP contribution in [0, 0.1) is 0 Å². The predicted octanol–water partition coefficient (Wildman–Crippen LogP) is 5.24. The second-order valence-corrected chi connectivity index (χ2v) is 6.77. The van der Waals surface area contributed by atoms with E-state index in [0.717, 1.165) is 5.56 Å². The Balaban J connectivity index is 1.55. The average Bonchev–Trinajstić information content (AvgIpc) is 3.23. The number of amides is 1. The first-order valence-electron chi connectivity index (χ1n) is 9.72. The molecular formula is C23H24ClNO5. The Morgan fingerprint density at radius 2 is 1.67 bits per heavy atom. The molecule has 3 rings (SSSR count). The normalized spacial score (nSPS) is 10.5. The van der Waals surface area contributed by atoms with E-state index in [1.807, 2.05) is 32.0 Å². The van der Waals surface area contributed by atoms with Crippen LogP contribution in [0.1, 0.15) is 35.7 Å². The van der Waals surface area contributed by atoms with Crippen molar-refractivity contribution in [1.29, 1.82) is 0 Å². The Kier molecular flexibility index (Phi) is 7.63. The van der Waals surface area contributed by atoms with Gasteiger partial charge in [0.2, 0.25) is 0 Å². The maximum Gasteiger partial charge on any atom is 0.287 e. The summed E-state index contributed by atoms with van der Waals surface area (Å²) in [5, 5.41) is 3.48. The SMILES string of the molecule is CCOc1ccc(CNC(=O)c2ccc(COc3ccc(Cl)cc3)o2)cc1OCC. The molecule has 158 valence electrons. The van der Waals surface area contributed by atoms with Crippen LogP contribution in [0.3, 0.4) is 0 Å². The Morgan fingerprint density at radius 3 is 2.40 bits per heavy atom. The lowest BCUT2D eigenvalue weighted by atomic mass is 10.2. The third-order valence-corrected chi connectivity index (χ3v) is 4.39. The van der Waals surface area contributed by atoms with Gasteiger partial charge in [0.25, 0.3) is 5.91 Å². The van der Waals surface area contributed by atoms with Crippen LogP contribution in [0.2, 0.25) is 5.02 Å². The Bertz CT molecular complexity index is 968. The van der Waals surface area contributed by atoms with Crippen molar-refractivity contribution in [2.24, 2.45) is 0 Å². The fourth-order valence-electron chi connectivity index (χ4n) is 2.74. The summed E-state index contributed by atoms with van der Waals surface area (Å²) in [5.74, 6) is 2.48. The van der Waals surface area contributed by atoms with Gasteiger partial charge in [-0.15, -0.1) is 0 Å². The summed E-state index contributed by atoms with van der Waals surface area (Å²) in [7, 11) is 0. The van der Waals surface area contributed by atoms with Crippen LogP contribution >= 0.6 is 11.6 Å². The maximum atomic E-state index is 12.4. The Morgan fingerprint density at radius 1 is 0.933 bits per heavy atom. The molecule has 2 aromatic carbocycles. The molecule has 0 aliphatic rings. The molecule has 0 radical (unpaired) electrons. The van der Waals surface area contributed by atoms with Crippen molar-refractivity contribution in [3.05, 3.63) is 76.7 Å². The monoisotopic (exact) mass is 429 g/mol. The van der Waals surface area contributed by atoms with E-state index in [2.05, 4.69) is 5.32 Å². The molecule has 0 spiro atoms. The van der Waals surface area contributed by atoms with Gasteiger partial charge >= 0.3 is 0 Å². The molecule has 0 unspecified atom stereocenters. The molecule has 3 aromatic rings. The number of hydrogen-bond donors (Lipinski definition) is 1. The van der Waals surface area contributed by atoms with E-state index < -0.39 is 0 Å². The predicted molar refractivity (Wildman–Crippen MR) is 114 cm³/mol. The number of carbonyl (C=O) groups is 1. The van der Waals surface area contributed by atoms with Crippen molar-refractivity contribution < 1.29 is 23.4 Å². The zero-order valence-electron chi connectivity index (χ0n) is 16.9. The zero-order chi connectivity index (χ0) is 21.3. The summed E-state index contributed by atoms with van der Waals surface area (Å²) in [6, 6.07) is 16.0. The average molecular weight is 430 g/mol. The first kappa shape index (κ1) is 21.6.